The number of nitrogens with zero attached hydrogens (tertiary/aromatic N) is 5. The fraction of sp³-hybridized carbons (Fsp3) is 0.278. The van der Waals surface area contributed by atoms with Gasteiger partial charge in [0.2, 0.25) is 11.7 Å². The largest absolute Gasteiger partial charge is 0.337 e. The maximum absolute atomic E-state index is 12.3. The Balaban J connectivity index is 1.90. The molecule has 0 spiro atoms. The second-order valence-electron chi connectivity index (χ2n) is 5.72. The van der Waals surface area contributed by atoms with Gasteiger partial charge in [0.15, 0.2) is 0 Å². The van der Waals surface area contributed by atoms with Gasteiger partial charge >= 0.3 is 0 Å². The third-order valence-electron chi connectivity index (χ3n) is 4.12. The molecule has 0 radical (unpaired) electrons. The van der Waals surface area contributed by atoms with Gasteiger partial charge in [0.1, 0.15) is 18.2 Å². The van der Waals surface area contributed by atoms with Gasteiger partial charge in [-0.25, -0.2) is 4.68 Å². The topological polar surface area (TPSA) is 97.6 Å². The van der Waals surface area contributed by atoms with E-state index < -0.39 is 5.56 Å². The molecule has 126 valence electrons. The minimum atomic E-state index is -0.461. The maximum atomic E-state index is 12.3. The molecule has 0 N–H and O–H groups in total. The molecule has 0 unspecified atom stereocenters. The number of hydrogen-bond acceptors (Lipinski definition) is 6. The molecule has 1 aromatic carbocycles. The predicted octanol–water partition coefficient (Wildman–Crippen LogP) is 2.39. The lowest BCUT2D eigenvalue weighted by Gasteiger charge is -2.06. The highest BCUT2D eigenvalue weighted by Gasteiger charge is 2.15. The van der Waals surface area contributed by atoms with Crippen molar-refractivity contribution < 1.29 is 4.52 Å². The minimum absolute atomic E-state index is 0.0225. The summed E-state index contributed by atoms with van der Waals surface area (Å²) in [6.07, 6.45) is 0.959. The van der Waals surface area contributed by atoms with E-state index in [-0.39, 0.29) is 18.0 Å². The first-order valence-electron chi connectivity index (χ1n) is 7.93. The molecule has 3 rings (SSSR count). The third kappa shape index (κ3) is 3.19. The molecule has 3 aromatic rings. The van der Waals surface area contributed by atoms with Crippen molar-refractivity contribution in [3.63, 3.8) is 0 Å². The lowest BCUT2D eigenvalue weighted by atomic mass is 10.1. The van der Waals surface area contributed by atoms with Crippen molar-refractivity contribution in [2.75, 3.05) is 0 Å². The summed E-state index contributed by atoms with van der Waals surface area (Å²) >= 11 is 0. The average Bonchev–Trinajstić information content (AvgIpc) is 3.09. The highest BCUT2D eigenvalue weighted by atomic mass is 16.5. The van der Waals surface area contributed by atoms with E-state index in [9.17, 15) is 4.79 Å². The summed E-state index contributed by atoms with van der Waals surface area (Å²) in [5.41, 5.74) is 2.89. The number of rotatable bonds is 4. The average molecular weight is 335 g/mol. The van der Waals surface area contributed by atoms with Gasteiger partial charge in [-0.2, -0.15) is 15.3 Å². The molecule has 0 atom stereocenters. The van der Waals surface area contributed by atoms with E-state index in [2.05, 4.69) is 22.2 Å². The van der Waals surface area contributed by atoms with Gasteiger partial charge in [0.05, 0.1) is 5.69 Å². The summed E-state index contributed by atoms with van der Waals surface area (Å²) in [7, 11) is 0. The highest BCUT2D eigenvalue weighted by Crippen LogP contribution is 2.17. The molecule has 25 heavy (non-hydrogen) atoms. The number of nitriles is 1. The van der Waals surface area contributed by atoms with Crippen molar-refractivity contribution in [3.05, 3.63) is 62.9 Å². The standard InChI is InChI=1S/C18H17N5O2/c1-4-13-5-7-14(8-6-13)17-20-16(25-22-17)10-23-18(24)15(9-19)11(2)12(3)21-23/h5-8H,4,10H2,1-3H3. The first-order chi connectivity index (χ1) is 12.0. The van der Waals surface area contributed by atoms with Crippen molar-refractivity contribution >= 4 is 0 Å². The zero-order chi connectivity index (χ0) is 18.0. The molecule has 0 saturated heterocycles. The second kappa shape index (κ2) is 6.69. The van der Waals surface area contributed by atoms with Crippen LogP contribution in [-0.2, 0) is 13.0 Å². The molecule has 0 amide bonds. The quantitative estimate of drug-likeness (QED) is 0.726. The van der Waals surface area contributed by atoms with Crippen molar-refractivity contribution in [2.24, 2.45) is 0 Å². The van der Waals surface area contributed by atoms with E-state index in [4.69, 9.17) is 9.78 Å². The van der Waals surface area contributed by atoms with Gasteiger partial charge in [0, 0.05) is 5.56 Å². The summed E-state index contributed by atoms with van der Waals surface area (Å²) in [6, 6.07) is 9.82. The number of aromatic nitrogens is 4. The maximum Gasteiger partial charge on any atom is 0.285 e. The Morgan fingerprint density at radius 1 is 1.24 bits per heavy atom. The number of benzene rings is 1. The summed E-state index contributed by atoms with van der Waals surface area (Å²) in [5.74, 6) is 0.714. The summed E-state index contributed by atoms with van der Waals surface area (Å²) in [6.45, 7) is 5.57. The predicted molar refractivity (Wildman–Crippen MR) is 90.9 cm³/mol. The molecule has 2 heterocycles. The van der Waals surface area contributed by atoms with Gasteiger partial charge in [-0.05, 0) is 31.4 Å². The van der Waals surface area contributed by atoms with Crippen LogP contribution in [0.1, 0.15) is 35.2 Å². The van der Waals surface area contributed by atoms with Crippen LogP contribution in [0.15, 0.2) is 33.6 Å². The van der Waals surface area contributed by atoms with E-state index in [1.54, 1.807) is 13.8 Å². The molecule has 0 aliphatic rings. The van der Waals surface area contributed by atoms with Crippen molar-refractivity contribution in [2.45, 2.75) is 33.7 Å². The SMILES string of the molecule is CCc1ccc(-c2noc(Cn3nc(C)c(C)c(C#N)c3=O)n2)cc1. The van der Waals surface area contributed by atoms with Crippen LogP contribution >= 0.6 is 0 Å². The zero-order valence-corrected chi connectivity index (χ0v) is 14.3. The smallest absolute Gasteiger partial charge is 0.285 e. The number of hydrogen-bond donors (Lipinski definition) is 0. The van der Waals surface area contributed by atoms with Crippen molar-refractivity contribution in [1.29, 1.82) is 5.26 Å². The van der Waals surface area contributed by atoms with E-state index in [0.29, 0.717) is 17.1 Å². The van der Waals surface area contributed by atoms with Crippen molar-refractivity contribution in [3.8, 4) is 17.5 Å². The minimum Gasteiger partial charge on any atom is -0.337 e. The molecule has 2 aromatic heterocycles. The molecule has 0 bridgehead atoms. The molecule has 0 aliphatic heterocycles. The molecule has 0 fully saturated rings. The molecule has 0 aliphatic carbocycles. The highest BCUT2D eigenvalue weighted by molar-refractivity contribution is 5.54. The lowest BCUT2D eigenvalue weighted by molar-refractivity contribution is 0.362. The Kier molecular flexibility index (Phi) is 4.44. The van der Waals surface area contributed by atoms with Crippen LogP contribution in [0.25, 0.3) is 11.4 Å². The Labute approximate surface area is 144 Å². The van der Waals surface area contributed by atoms with Crippen LogP contribution in [0.2, 0.25) is 0 Å². The van der Waals surface area contributed by atoms with Crippen LogP contribution in [-0.4, -0.2) is 19.9 Å². The van der Waals surface area contributed by atoms with Gasteiger partial charge in [-0.1, -0.05) is 36.3 Å². The van der Waals surface area contributed by atoms with Crippen LogP contribution in [0.4, 0.5) is 0 Å². The van der Waals surface area contributed by atoms with Gasteiger partial charge in [-0.3, -0.25) is 4.79 Å². The second-order valence-corrected chi connectivity index (χ2v) is 5.72. The normalized spacial score (nSPS) is 10.6. The van der Waals surface area contributed by atoms with Crippen LogP contribution in [0.5, 0.6) is 0 Å². The Bertz CT molecular complexity index is 1010. The Morgan fingerprint density at radius 2 is 1.96 bits per heavy atom. The molecule has 7 heteroatoms. The monoisotopic (exact) mass is 335 g/mol. The summed E-state index contributed by atoms with van der Waals surface area (Å²) < 4.78 is 6.41. The van der Waals surface area contributed by atoms with Crippen LogP contribution < -0.4 is 5.56 Å². The van der Waals surface area contributed by atoms with E-state index in [0.717, 1.165) is 12.0 Å². The zero-order valence-electron chi connectivity index (χ0n) is 14.3. The van der Waals surface area contributed by atoms with Crippen LogP contribution in [0, 0.1) is 25.2 Å². The number of aryl methyl sites for hydroxylation is 2. The third-order valence-corrected chi connectivity index (χ3v) is 4.12. The lowest BCUT2D eigenvalue weighted by Crippen LogP contribution is -2.28. The fourth-order valence-corrected chi connectivity index (χ4v) is 2.46. The van der Waals surface area contributed by atoms with Crippen molar-refractivity contribution in [1.82, 2.24) is 19.9 Å². The van der Waals surface area contributed by atoms with E-state index in [1.165, 1.54) is 10.2 Å². The molecule has 0 saturated carbocycles. The molecular weight excluding hydrogens is 318 g/mol. The van der Waals surface area contributed by atoms with Crippen LogP contribution in [0.3, 0.4) is 0 Å². The fourth-order valence-electron chi connectivity index (χ4n) is 2.46. The molecule has 7 nitrogen and oxygen atoms in total. The Hall–Kier alpha value is -3.27. The first-order valence-corrected chi connectivity index (χ1v) is 7.93. The van der Waals surface area contributed by atoms with E-state index >= 15 is 0 Å². The summed E-state index contributed by atoms with van der Waals surface area (Å²) in [5, 5.41) is 17.3. The van der Waals surface area contributed by atoms with Gasteiger partial charge < -0.3 is 4.52 Å². The van der Waals surface area contributed by atoms with Gasteiger partial charge in [0.25, 0.3) is 5.56 Å². The Morgan fingerprint density at radius 3 is 2.60 bits per heavy atom. The summed E-state index contributed by atoms with van der Waals surface area (Å²) in [4.78, 5) is 16.6. The molecular formula is C18H17N5O2. The van der Waals surface area contributed by atoms with E-state index in [1.807, 2.05) is 30.3 Å². The first kappa shape index (κ1) is 16.6. The van der Waals surface area contributed by atoms with Gasteiger partial charge in [-0.15, -0.1) is 0 Å².